The zero-order valence-electron chi connectivity index (χ0n) is 27.7. The van der Waals surface area contributed by atoms with Crippen LogP contribution in [0, 0.1) is 10.1 Å². The number of aromatic nitrogens is 1. The molecule has 12 nitrogen and oxygen atoms in total. The Kier molecular flexibility index (Phi) is 9.95. The molecule has 0 N–H and O–H groups in total. The lowest BCUT2D eigenvalue weighted by atomic mass is 9.93. The van der Waals surface area contributed by atoms with Gasteiger partial charge < -0.3 is 23.4 Å². The number of hydrogen-bond acceptors (Lipinski definition) is 11. The van der Waals surface area contributed by atoms with Crippen molar-refractivity contribution < 1.29 is 33.1 Å². The monoisotopic (exact) mass is 695 g/mol. The summed E-state index contributed by atoms with van der Waals surface area (Å²) in [5, 5.41) is 11.4. The van der Waals surface area contributed by atoms with Gasteiger partial charge in [0.05, 0.1) is 59.3 Å². The second kappa shape index (κ2) is 14.7. The van der Waals surface area contributed by atoms with Gasteiger partial charge in [-0.2, -0.15) is 0 Å². The number of furan rings is 1. The fourth-order valence-corrected chi connectivity index (χ4v) is 6.68. The minimum absolute atomic E-state index is 0.116. The standard InChI is InChI=1S/C37H33N3O9S/c1-5-46-29-16-13-23(19-30(29)47-6-2)34-32(36(42)48-7-3)33(22-11-9-8-10-12-22)38-37-39(34)35(41)31(50-37)21-25-15-18-28(49-25)26-20-24(40(43)44)14-17-27(26)45-4/h8-21,34H,5-7H2,1-4H3/t34-/m0/s1. The number of nitro benzene ring substituents is 1. The van der Waals surface area contributed by atoms with Crippen molar-refractivity contribution in [3.05, 3.63) is 131 Å². The third-order valence-electron chi connectivity index (χ3n) is 7.82. The first-order chi connectivity index (χ1) is 24.3. The number of benzene rings is 3. The Hall–Kier alpha value is -5.95. The second-order valence-electron chi connectivity index (χ2n) is 10.8. The zero-order valence-corrected chi connectivity index (χ0v) is 28.5. The minimum Gasteiger partial charge on any atom is -0.496 e. The van der Waals surface area contributed by atoms with Crippen molar-refractivity contribution in [1.82, 2.24) is 4.57 Å². The van der Waals surface area contributed by atoms with Crippen LogP contribution in [0.5, 0.6) is 17.2 Å². The van der Waals surface area contributed by atoms with Gasteiger partial charge in [-0.25, -0.2) is 9.79 Å². The molecule has 3 heterocycles. The van der Waals surface area contributed by atoms with Crippen molar-refractivity contribution in [2.45, 2.75) is 26.8 Å². The molecule has 0 fully saturated rings. The Morgan fingerprint density at radius 3 is 2.40 bits per heavy atom. The summed E-state index contributed by atoms with van der Waals surface area (Å²) in [4.78, 5) is 44.4. The normalized spacial score (nSPS) is 14.2. The van der Waals surface area contributed by atoms with E-state index in [1.54, 1.807) is 43.3 Å². The van der Waals surface area contributed by atoms with Crippen molar-refractivity contribution in [3.63, 3.8) is 0 Å². The number of esters is 1. The molecule has 1 aliphatic rings. The van der Waals surface area contributed by atoms with Crippen molar-refractivity contribution in [2.24, 2.45) is 4.99 Å². The van der Waals surface area contributed by atoms with E-state index in [1.807, 2.05) is 44.2 Å². The van der Waals surface area contributed by atoms with Gasteiger partial charge in [0.1, 0.15) is 17.3 Å². The van der Waals surface area contributed by atoms with Crippen molar-refractivity contribution in [3.8, 4) is 28.6 Å². The highest BCUT2D eigenvalue weighted by Gasteiger charge is 2.35. The Bertz CT molecular complexity index is 2290. The molecular formula is C37H33N3O9S. The van der Waals surface area contributed by atoms with Gasteiger partial charge in [-0.3, -0.25) is 19.5 Å². The first kappa shape index (κ1) is 33.9. The number of hydrogen-bond donors (Lipinski definition) is 0. The van der Waals surface area contributed by atoms with Crippen LogP contribution in [-0.2, 0) is 9.53 Å². The van der Waals surface area contributed by atoms with Gasteiger partial charge in [-0.05, 0) is 56.7 Å². The van der Waals surface area contributed by atoms with Crippen LogP contribution >= 0.6 is 11.3 Å². The third-order valence-corrected chi connectivity index (χ3v) is 8.80. The lowest BCUT2D eigenvalue weighted by molar-refractivity contribution is -0.384. The summed E-state index contributed by atoms with van der Waals surface area (Å²) in [6.45, 7) is 6.36. The smallest absolute Gasteiger partial charge is 0.338 e. The summed E-state index contributed by atoms with van der Waals surface area (Å²) in [5.41, 5.74) is 1.69. The van der Waals surface area contributed by atoms with Crippen LogP contribution in [0.4, 0.5) is 5.69 Å². The van der Waals surface area contributed by atoms with Gasteiger partial charge in [0.15, 0.2) is 16.3 Å². The van der Waals surface area contributed by atoms with Gasteiger partial charge in [0.25, 0.3) is 11.2 Å². The van der Waals surface area contributed by atoms with Gasteiger partial charge >= 0.3 is 5.97 Å². The molecule has 3 aromatic carbocycles. The maximum Gasteiger partial charge on any atom is 0.338 e. The maximum atomic E-state index is 14.4. The lowest BCUT2D eigenvalue weighted by Crippen LogP contribution is -2.40. The average molecular weight is 696 g/mol. The van der Waals surface area contributed by atoms with Crippen LogP contribution in [0.2, 0.25) is 0 Å². The Morgan fingerprint density at radius 2 is 1.70 bits per heavy atom. The molecule has 50 heavy (non-hydrogen) atoms. The van der Waals surface area contributed by atoms with Crippen LogP contribution in [0.15, 0.2) is 98.6 Å². The van der Waals surface area contributed by atoms with Crippen LogP contribution in [0.3, 0.4) is 0 Å². The largest absolute Gasteiger partial charge is 0.496 e. The van der Waals surface area contributed by atoms with Crippen molar-refractivity contribution in [1.29, 1.82) is 0 Å². The molecule has 5 aromatic rings. The summed E-state index contributed by atoms with van der Waals surface area (Å²) in [5.74, 6) is 1.42. The second-order valence-corrected chi connectivity index (χ2v) is 11.9. The van der Waals surface area contributed by atoms with E-state index in [-0.39, 0.29) is 22.4 Å². The summed E-state index contributed by atoms with van der Waals surface area (Å²) in [7, 11) is 1.46. The average Bonchev–Trinajstić information content (AvgIpc) is 3.72. The van der Waals surface area contributed by atoms with E-state index in [4.69, 9.17) is 28.4 Å². The molecule has 1 atom stereocenters. The zero-order chi connectivity index (χ0) is 35.4. The highest BCUT2D eigenvalue weighted by Crippen LogP contribution is 2.39. The van der Waals surface area contributed by atoms with Crippen LogP contribution in [0.25, 0.3) is 23.1 Å². The summed E-state index contributed by atoms with van der Waals surface area (Å²) in [6.07, 6.45) is 1.58. The molecule has 2 aromatic heterocycles. The number of ether oxygens (including phenoxy) is 4. The molecule has 0 bridgehead atoms. The van der Waals surface area contributed by atoms with E-state index in [0.717, 1.165) is 11.3 Å². The minimum atomic E-state index is -0.932. The summed E-state index contributed by atoms with van der Waals surface area (Å²) in [6, 6.07) is 21.2. The number of thiazole rings is 1. The van der Waals surface area contributed by atoms with Crippen LogP contribution in [-0.4, -0.2) is 42.4 Å². The maximum absolute atomic E-state index is 14.4. The predicted octanol–water partition coefficient (Wildman–Crippen LogP) is 5.91. The number of fused-ring (bicyclic) bond motifs is 1. The quantitative estimate of drug-likeness (QED) is 0.0884. The molecular weight excluding hydrogens is 662 g/mol. The van der Waals surface area contributed by atoms with Crippen LogP contribution in [0.1, 0.15) is 43.7 Å². The Labute approximate surface area is 290 Å². The fourth-order valence-electron chi connectivity index (χ4n) is 5.70. The van der Waals surface area contributed by atoms with Gasteiger partial charge in [-0.1, -0.05) is 47.7 Å². The Balaban J connectivity index is 1.56. The van der Waals surface area contributed by atoms with Crippen LogP contribution < -0.4 is 29.1 Å². The number of methoxy groups -OCH3 is 1. The highest BCUT2D eigenvalue weighted by molar-refractivity contribution is 7.07. The molecule has 0 spiro atoms. The third kappa shape index (κ3) is 6.54. The van der Waals surface area contributed by atoms with E-state index in [2.05, 4.69) is 0 Å². The molecule has 0 radical (unpaired) electrons. The lowest BCUT2D eigenvalue weighted by Gasteiger charge is -2.26. The van der Waals surface area contributed by atoms with Crippen molar-refractivity contribution >= 4 is 34.8 Å². The molecule has 0 aliphatic carbocycles. The molecule has 0 saturated carbocycles. The number of carbonyl (C=O) groups excluding carboxylic acids is 1. The van der Waals surface area contributed by atoms with E-state index < -0.39 is 22.5 Å². The molecule has 13 heteroatoms. The highest BCUT2D eigenvalue weighted by atomic mass is 32.1. The van der Waals surface area contributed by atoms with E-state index in [9.17, 15) is 19.7 Å². The number of non-ortho nitro benzene ring substituents is 1. The first-order valence-corrected chi connectivity index (χ1v) is 16.7. The van der Waals surface area contributed by atoms with Crippen molar-refractivity contribution in [2.75, 3.05) is 26.9 Å². The number of nitro groups is 1. The van der Waals surface area contributed by atoms with Gasteiger partial charge in [0.2, 0.25) is 0 Å². The van der Waals surface area contributed by atoms with E-state index in [1.165, 1.54) is 29.9 Å². The number of rotatable bonds is 12. The molecule has 0 unspecified atom stereocenters. The van der Waals surface area contributed by atoms with E-state index in [0.29, 0.717) is 69.2 Å². The molecule has 256 valence electrons. The number of nitrogens with zero attached hydrogens (tertiary/aromatic N) is 3. The topological polar surface area (TPSA) is 145 Å². The summed E-state index contributed by atoms with van der Waals surface area (Å²) < 4.78 is 30.5. The van der Waals surface area contributed by atoms with Gasteiger partial charge in [-0.15, -0.1) is 0 Å². The molecule has 6 rings (SSSR count). The first-order valence-electron chi connectivity index (χ1n) is 15.9. The Morgan fingerprint density at radius 1 is 0.960 bits per heavy atom. The molecule has 0 amide bonds. The van der Waals surface area contributed by atoms with Gasteiger partial charge in [0, 0.05) is 23.8 Å². The predicted molar refractivity (Wildman–Crippen MR) is 187 cm³/mol. The number of carbonyl (C=O) groups is 1. The molecule has 1 aliphatic heterocycles. The molecule has 0 saturated heterocycles. The summed E-state index contributed by atoms with van der Waals surface area (Å²) >= 11 is 1.14. The SMILES string of the molecule is CCOC(=O)C1=C(c2ccccc2)N=c2sc(=Cc3ccc(-c4cc([N+](=O)[O-])ccc4OC)o3)c(=O)n2[C@H]1c1ccc(OCC)c(OCC)c1. The fraction of sp³-hybridized carbons (Fsp3) is 0.216. The van der Waals surface area contributed by atoms with E-state index >= 15 is 0 Å².